The first-order valence-corrected chi connectivity index (χ1v) is 26.8. The van der Waals surface area contributed by atoms with Gasteiger partial charge in [0.25, 0.3) is 11.8 Å². The normalized spacial score (nSPS) is 18.5. The number of carbonyl (C=O) groups excluding carboxylic acids is 7. The zero-order valence-electron chi connectivity index (χ0n) is 39.9. The van der Waals surface area contributed by atoms with Crippen molar-refractivity contribution in [1.29, 1.82) is 0 Å². The number of piperidine rings is 1. The Hall–Kier alpha value is -6.69. The molecular formula is C51H52F2N7O10PS2. The van der Waals surface area contributed by atoms with Crippen molar-refractivity contribution in [2.45, 2.75) is 109 Å². The van der Waals surface area contributed by atoms with Crippen molar-refractivity contribution in [1.82, 2.24) is 30.7 Å². The van der Waals surface area contributed by atoms with Gasteiger partial charge in [-0.25, -0.2) is 4.98 Å². The van der Waals surface area contributed by atoms with Crippen LogP contribution in [0.5, 0.6) is 0 Å². The second-order valence-corrected chi connectivity index (χ2v) is 23.0. The number of nitrogens with zero attached hydrogens (tertiary/aromatic N) is 3. The number of fused-ring (bicyclic) bond motifs is 2. The summed E-state index contributed by atoms with van der Waals surface area (Å²) in [6.07, 6.45) is 4.80. The molecule has 2 fully saturated rings. The molecule has 5 aromatic rings. The van der Waals surface area contributed by atoms with Crippen molar-refractivity contribution in [3.8, 4) is 22.3 Å². The molecule has 5 heterocycles. The van der Waals surface area contributed by atoms with Crippen LogP contribution in [-0.2, 0) is 40.7 Å². The Morgan fingerprint density at radius 1 is 0.973 bits per heavy atom. The lowest BCUT2D eigenvalue weighted by Crippen LogP contribution is -2.57. The first kappa shape index (κ1) is 52.6. The predicted octanol–water partition coefficient (Wildman–Crippen LogP) is 6.88. The van der Waals surface area contributed by atoms with Crippen molar-refractivity contribution in [3.05, 3.63) is 106 Å². The lowest BCUT2D eigenvalue weighted by molar-refractivity contribution is -0.140. The summed E-state index contributed by atoms with van der Waals surface area (Å²) in [5.74, 6) is 3.06. The van der Waals surface area contributed by atoms with Crippen LogP contribution in [0, 0.1) is 17.3 Å². The molecule has 382 valence electrons. The molecule has 22 heteroatoms. The van der Waals surface area contributed by atoms with E-state index < -0.39 is 72.0 Å². The molecule has 4 atom stereocenters. The maximum absolute atomic E-state index is 14.7. The van der Waals surface area contributed by atoms with Gasteiger partial charge in [0, 0.05) is 66.0 Å². The van der Waals surface area contributed by atoms with E-state index in [2.05, 4.69) is 38.1 Å². The van der Waals surface area contributed by atoms with Crippen LogP contribution < -0.4 is 21.3 Å². The third-order valence-corrected chi connectivity index (χ3v) is 15.9. The second kappa shape index (κ2) is 21.4. The fraction of sp³-hybridized carbons (Fsp3) is 0.373. The molecule has 6 N–H and O–H groups in total. The fourth-order valence-corrected chi connectivity index (χ4v) is 11.3. The average Bonchev–Trinajstić information content (AvgIpc) is 4.15. The number of amides is 7. The SMILES string of the molecule is CC(C)(C)[C@H](NC(=O)c1cc2cc(C(F)(F)P(=O)(O)O)ccc2s1)C(=O)N1C[C@H](NC(=O)CCCCCC#Cc2ccc3c(c2)CN(C2CCC(=O)NC2=O)C3=O)C[C@H]1C(=O)Nc1ncc(-c2ccccc2)s1. The van der Waals surface area contributed by atoms with Gasteiger partial charge in [-0.05, 0) is 84.0 Å². The molecule has 0 radical (unpaired) electrons. The number of nitrogens with one attached hydrogen (secondary N) is 4. The number of rotatable bonds is 15. The van der Waals surface area contributed by atoms with E-state index in [-0.39, 0.29) is 66.8 Å². The van der Waals surface area contributed by atoms with Gasteiger partial charge in [-0.3, -0.25) is 43.4 Å². The number of benzene rings is 3. The van der Waals surface area contributed by atoms with Crippen molar-refractivity contribution < 1.29 is 56.7 Å². The molecule has 7 amide bonds. The minimum absolute atomic E-state index is 0.0407. The maximum Gasteiger partial charge on any atom is 0.399 e. The van der Waals surface area contributed by atoms with Crippen molar-refractivity contribution in [2.75, 3.05) is 11.9 Å². The van der Waals surface area contributed by atoms with Crippen LogP contribution in [0.4, 0.5) is 13.9 Å². The van der Waals surface area contributed by atoms with E-state index in [1.54, 1.807) is 39.1 Å². The summed E-state index contributed by atoms with van der Waals surface area (Å²) >= 11 is 2.18. The Labute approximate surface area is 426 Å². The summed E-state index contributed by atoms with van der Waals surface area (Å²) in [6.45, 7) is 5.37. The van der Waals surface area contributed by atoms with Gasteiger partial charge in [-0.2, -0.15) is 8.78 Å². The second-order valence-electron chi connectivity index (χ2n) is 19.2. The number of anilines is 1. The van der Waals surface area contributed by atoms with E-state index in [9.17, 15) is 56.7 Å². The van der Waals surface area contributed by atoms with Crippen LogP contribution in [0.15, 0.2) is 79.0 Å². The van der Waals surface area contributed by atoms with Gasteiger partial charge in [0.1, 0.15) is 18.1 Å². The van der Waals surface area contributed by atoms with E-state index >= 15 is 0 Å². The largest absolute Gasteiger partial charge is 0.399 e. The number of halogens is 2. The molecule has 2 saturated heterocycles. The van der Waals surface area contributed by atoms with E-state index in [1.807, 2.05) is 36.4 Å². The quantitative estimate of drug-likeness (QED) is 0.0273. The summed E-state index contributed by atoms with van der Waals surface area (Å²) in [4.78, 5) is 120. The molecule has 0 bridgehead atoms. The summed E-state index contributed by atoms with van der Waals surface area (Å²) in [6, 6.07) is 15.4. The number of alkyl halides is 2. The standard InChI is InChI=1S/C51H52F2N7O10PS2/c1-50(2,3)43(57-46(65)39-24-31-23-33(17-20-38(31)72-39)51(52,53)71(68,69)70)48(67)60-28-34(25-37(60)45(64)58-49-54-26-40(73-49)30-13-9-7-10-14-30)55-41(61)15-11-6-4-5-8-12-29-16-18-35-32(22-29)27-59(47(35)66)36-19-21-42(62)56-44(36)63/h7,9-10,13-14,16-18,20,22-24,26,34,36-37,43H,4-6,11,15,19,21,25,27-28H2,1-3H3,(H,55,61)(H,57,65)(H,54,58,64)(H,56,62,63)(H2,68,69,70)/t34-,36?,37+,43-/m1/s1. The van der Waals surface area contributed by atoms with Crippen molar-refractivity contribution >= 4 is 86.8 Å². The number of likely N-dealkylation sites (tertiary alicyclic amines) is 1. The highest BCUT2D eigenvalue weighted by molar-refractivity contribution is 7.52. The lowest BCUT2D eigenvalue weighted by atomic mass is 9.85. The number of unbranched alkanes of at least 4 members (excludes halogenated alkanes) is 3. The van der Waals surface area contributed by atoms with E-state index in [4.69, 9.17) is 0 Å². The molecular weight excluding hydrogens is 1000 g/mol. The third kappa shape index (κ3) is 11.9. The van der Waals surface area contributed by atoms with E-state index in [1.165, 1.54) is 33.3 Å². The van der Waals surface area contributed by atoms with Crippen molar-refractivity contribution in [3.63, 3.8) is 0 Å². The summed E-state index contributed by atoms with van der Waals surface area (Å²) in [5.41, 5.74) is -3.43. The van der Waals surface area contributed by atoms with Gasteiger partial charge in [0.2, 0.25) is 29.5 Å². The zero-order chi connectivity index (χ0) is 52.4. The Morgan fingerprint density at radius 3 is 2.47 bits per heavy atom. The summed E-state index contributed by atoms with van der Waals surface area (Å²) in [7, 11) is -5.85. The number of hydrogen-bond acceptors (Lipinski definition) is 11. The molecule has 0 saturated carbocycles. The number of carbonyl (C=O) groups is 7. The highest BCUT2D eigenvalue weighted by Gasteiger charge is 2.51. The molecule has 3 aliphatic rings. The lowest BCUT2D eigenvalue weighted by Gasteiger charge is -2.35. The molecule has 1 unspecified atom stereocenters. The van der Waals surface area contributed by atoms with Crippen molar-refractivity contribution in [2.24, 2.45) is 5.41 Å². The average molecular weight is 1060 g/mol. The number of aromatic nitrogens is 1. The first-order chi connectivity index (χ1) is 34.6. The monoisotopic (exact) mass is 1060 g/mol. The van der Waals surface area contributed by atoms with Gasteiger partial charge >= 0.3 is 13.3 Å². The Bertz CT molecular complexity index is 3120. The highest BCUT2D eigenvalue weighted by Crippen LogP contribution is 2.59. The minimum atomic E-state index is -5.85. The van der Waals surface area contributed by atoms with E-state index in [0.29, 0.717) is 41.1 Å². The van der Waals surface area contributed by atoms with Crippen LogP contribution in [0.2, 0.25) is 0 Å². The number of imide groups is 1. The molecule has 3 aromatic carbocycles. The Balaban J connectivity index is 0.892. The van der Waals surface area contributed by atoms with Gasteiger partial charge < -0.3 is 35.5 Å². The highest BCUT2D eigenvalue weighted by atomic mass is 32.1. The van der Waals surface area contributed by atoms with Gasteiger partial charge in [-0.1, -0.05) is 86.8 Å². The Morgan fingerprint density at radius 2 is 1.74 bits per heavy atom. The fourth-order valence-electron chi connectivity index (χ4n) is 9.01. The van der Waals surface area contributed by atoms with E-state index in [0.717, 1.165) is 45.0 Å². The molecule has 0 aliphatic carbocycles. The third-order valence-electron chi connectivity index (χ3n) is 12.8. The zero-order valence-corrected chi connectivity index (χ0v) is 42.4. The Kier molecular flexibility index (Phi) is 15.4. The van der Waals surface area contributed by atoms with Gasteiger partial charge in [0.05, 0.1) is 9.75 Å². The smallest absolute Gasteiger partial charge is 0.351 e. The minimum Gasteiger partial charge on any atom is -0.351 e. The van der Waals surface area contributed by atoms with Gasteiger partial charge in [-0.15, -0.1) is 11.3 Å². The number of hydrogen-bond donors (Lipinski definition) is 6. The first-order valence-electron chi connectivity index (χ1n) is 23.5. The molecule has 17 nitrogen and oxygen atoms in total. The van der Waals surface area contributed by atoms with Crippen LogP contribution in [0.1, 0.15) is 109 Å². The molecule has 0 spiro atoms. The number of thiazole rings is 1. The molecule has 8 rings (SSSR count). The predicted molar refractivity (Wildman–Crippen MR) is 269 cm³/mol. The van der Waals surface area contributed by atoms with Gasteiger partial charge in [0.15, 0.2) is 5.13 Å². The molecule has 3 aliphatic heterocycles. The van der Waals surface area contributed by atoms with Crippen LogP contribution in [0.25, 0.3) is 20.5 Å². The summed E-state index contributed by atoms with van der Waals surface area (Å²) in [5, 5.41) is 11.3. The van der Waals surface area contributed by atoms with Crippen LogP contribution in [0.3, 0.4) is 0 Å². The van der Waals surface area contributed by atoms with Crippen LogP contribution in [-0.4, -0.2) is 96.6 Å². The number of thiophene rings is 1. The molecule has 73 heavy (non-hydrogen) atoms. The summed E-state index contributed by atoms with van der Waals surface area (Å²) < 4.78 is 41.0. The topological polar surface area (TPSA) is 245 Å². The van der Waals surface area contributed by atoms with Crippen LogP contribution >= 0.6 is 30.3 Å². The molecule has 2 aromatic heterocycles. The maximum atomic E-state index is 14.7.